The Bertz CT molecular complexity index is 1460. The van der Waals surface area contributed by atoms with Gasteiger partial charge in [0.25, 0.3) is 0 Å². The standard InChI is InChI=1S/C30H29N3O5/c1-21-7-2-3-13-28(21)37-15-16-38-30(36)33-14-6-11-26-25(10-5-12-27(26)33)24-18-31-32(20-24)19-22-8-4-9-23(17-22)29(34)35/h2-5,7-10,12-13,17-18,20H,6,11,14-16,19H2,1H3,(H,34,35). The fourth-order valence-corrected chi connectivity index (χ4v) is 4.74. The molecule has 5 rings (SSSR count). The molecule has 1 aliphatic heterocycles. The number of carboxylic acid groups (broad SMARTS) is 1. The van der Waals surface area contributed by atoms with Gasteiger partial charge in [-0.05, 0) is 66.3 Å². The van der Waals surface area contributed by atoms with Crippen LogP contribution in [0.4, 0.5) is 10.5 Å². The van der Waals surface area contributed by atoms with Gasteiger partial charge in [-0.1, -0.05) is 42.5 Å². The minimum Gasteiger partial charge on any atom is -0.490 e. The molecule has 0 spiro atoms. The third kappa shape index (κ3) is 5.54. The predicted molar refractivity (Wildman–Crippen MR) is 144 cm³/mol. The van der Waals surface area contributed by atoms with Crippen LogP contribution in [0.2, 0.25) is 0 Å². The second-order valence-electron chi connectivity index (χ2n) is 9.22. The Kier molecular flexibility index (Phi) is 7.40. The number of fused-ring (bicyclic) bond motifs is 1. The van der Waals surface area contributed by atoms with E-state index in [2.05, 4.69) is 5.10 Å². The van der Waals surface area contributed by atoms with E-state index in [1.807, 2.05) is 61.7 Å². The molecule has 0 saturated carbocycles. The fourth-order valence-electron chi connectivity index (χ4n) is 4.74. The molecule has 4 aromatic rings. The van der Waals surface area contributed by atoms with Gasteiger partial charge in [0.1, 0.15) is 19.0 Å². The first kappa shape index (κ1) is 25.1. The fraction of sp³-hybridized carbons (Fsp3) is 0.233. The number of carboxylic acids is 1. The van der Waals surface area contributed by atoms with Crippen LogP contribution >= 0.6 is 0 Å². The molecule has 0 radical (unpaired) electrons. The molecule has 1 amide bonds. The average molecular weight is 512 g/mol. The van der Waals surface area contributed by atoms with E-state index < -0.39 is 5.97 Å². The SMILES string of the molecule is Cc1ccccc1OCCOC(=O)N1CCCc2c(-c3cnn(Cc4cccc(C(=O)O)c4)c3)cccc21. The van der Waals surface area contributed by atoms with Crippen molar-refractivity contribution in [3.8, 4) is 16.9 Å². The van der Waals surface area contributed by atoms with Gasteiger partial charge in [-0.15, -0.1) is 0 Å². The quantitative estimate of drug-likeness (QED) is 0.311. The van der Waals surface area contributed by atoms with Crippen molar-refractivity contribution in [1.29, 1.82) is 0 Å². The summed E-state index contributed by atoms with van der Waals surface area (Å²) in [7, 11) is 0. The smallest absolute Gasteiger partial charge is 0.414 e. The molecule has 1 aromatic heterocycles. The van der Waals surface area contributed by atoms with Crippen molar-refractivity contribution in [2.24, 2.45) is 0 Å². The first-order valence-electron chi connectivity index (χ1n) is 12.6. The Morgan fingerprint density at radius 1 is 1.03 bits per heavy atom. The normalized spacial score (nSPS) is 12.6. The highest BCUT2D eigenvalue weighted by Crippen LogP contribution is 2.35. The third-order valence-electron chi connectivity index (χ3n) is 6.59. The van der Waals surface area contributed by atoms with E-state index in [9.17, 15) is 14.7 Å². The molecule has 2 heterocycles. The van der Waals surface area contributed by atoms with Crippen LogP contribution in [0.3, 0.4) is 0 Å². The van der Waals surface area contributed by atoms with Crippen LogP contribution in [0.5, 0.6) is 5.75 Å². The summed E-state index contributed by atoms with van der Waals surface area (Å²) in [4.78, 5) is 25.9. The number of carbonyl (C=O) groups is 2. The molecule has 38 heavy (non-hydrogen) atoms. The number of hydrogen-bond donors (Lipinski definition) is 1. The number of hydrogen-bond acceptors (Lipinski definition) is 5. The van der Waals surface area contributed by atoms with Gasteiger partial charge in [-0.25, -0.2) is 9.59 Å². The lowest BCUT2D eigenvalue weighted by molar-refractivity contribution is 0.0696. The van der Waals surface area contributed by atoms with Crippen molar-refractivity contribution in [2.45, 2.75) is 26.3 Å². The van der Waals surface area contributed by atoms with Crippen LogP contribution in [-0.4, -0.2) is 46.7 Å². The van der Waals surface area contributed by atoms with Crippen molar-refractivity contribution < 1.29 is 24.2 Å². The van der Waals surface area contributed by atoms with E-state index in [-0.39, 0.29) is 24.9 Å². The first-order chi connectivity index (χ1) is 18.5. The summed E-state index contributed by atoms with van der Waals surface area (Å²) in [6.45, 7) is 3.47. The van der Waals surface area contributed by atoms with Gasteiger partial charge in [0, 0.05) is 18.3 Å². The summed E-state index contributed by atoms with van der Waals surface area (Å²) in [5, 5.41) is 13.7. The second kappa shape index (κ2) is 11.2. The number of nitrogens with zero attached hydrogens (tertiary/aromatic N) is 3. The van der Waals surface area contributed by atoms with Crippen molar-refractivity contribution in [3.63, 3.8) is 0 Å². The Balaban J connectivity index is 1.27. The topological polar surface area (TPSA) is 93.9 Å². The van der Waals surface area contributed by atoms with Crippen molar-refractivity contribution >= 4 is 17.7 Å². The van der Waals surface area contributed by atoms with Gasteiger partial charge >= 0.3 is 12.1 Å². The van der Waals surface area contributed by atoms with E-state index >= 15 is 0 Å². The maximum atomic E-state index is 13.0. The van der Waals surface area contributed by atoms with Crippen LogP contribution in [0.15, 0.2) is 79.1 Å². The van der Waals surface area contributed by atoms with Crippen LogP contribution in [0, 0.1) is 6.92 Å². The molecule has 0 saturated heterocycles. The molecule has 8 nitrogen and oxygen atoms in total. The van der Waals surface area contributed by atoms with E-state index in [0.29, 0.717) is 13.1 Å². The highest BCUT2D eigenvalue weighted by atomic mass is 16.6. The molecule has 0 unspecified atom stereocenters. The number of ether oxygens (including phenoxy) is 2. The number of carbonyl (C=O) groups excluding carboxylic acids is 1. The molecule has 3 aromatic carbocycles. The minimum atomic E-state index is -0.953. The van der Waals surface area contributed by atoms with Crippen LogP contribution in [0.1, 0.15) is 33.5 Å². The maximum absolute atomic E-state index is 13.0. The third-order valence-corrected chi connectivity index (χ3v) is 6.59. The van der Waals surface area contributed by atoms with Gasteiger partial charge < -0.3 is 14.6 Å². The number of rotatable bonds is 8. The molecule has 0 aliphatic carbocycles. The molecule has 194 valence electrons. The highest BCUT2D eigenvalue weighted by molar-refractivity contribution is 5.91. The van der Waals surface area contributed by atoms with Crippen LogP contribution in [0.25, 0.3) is 11.1 Å². The maximum Gasteiger partial charge on any atom is 0.414 e. The molecule has 1 aliphatic rings. The molecular weight excluding hydrogens is 482 g/mol. The van der Waals surface area contributed by atoms with Gasteiger partial charge in [-0.3, -0.25) is 9.58 Å². The lowest BCUT2D eigenvalue weighted by Crippen LogP contribution is -2.36. The lowest BCUT2D eigenvalue weighted by Gasteiger charge is -2.30. The summed E-state index contributed by atoms with van der Waals surface area (Å²) in [5.41, 5.74) is 6.04. The summed E-state index contributed by atoms with van der Waals surface area (Å²) in [6.07, 6.45) is 5.04. The van der Waals surface area contributed by atoms with E-state index in [1.165, 1.54) is 0 Å². The Morgan fingerprint density at radius 3 is 2.71 bits per heavy atom. The summed E-state index contributed by atoms with van der Waals surface area (Å²) < 4.78 is 13.1. The summed E-state index contributed by atoms with van der Waals surface area (Å²) >= 11 is 0. The largest absolute Gasteiger partial charge is 0.490 e. The predicted octanol–water partition coefficient (Wildman–Crippen LogP) is 5.57. The number of benzene rings is 3. The number of amides is 1. The van der Waals surface area contributed by atoms with E-state index in [0.717, 1.165) is 52.1 Å². The van der Waals surface area contributed by atoms with Gasteiger partial charge in [-0.2, -0.15) is 5.10 Å². The van der Waals surface area contributed by atoms with E-state index in [4.69, 9.17) is 9.47 Å². The molecule has 0 atom stereocenters. The average Bonchev–Trinajstić information content (AvgIpc) is 3.39. The van der Waals surface area contributed by atoms with Crippen molar-refractivity contribution in [1.82, 2.24) is 9.78 Å². The lowest BCUT2D eigenvalue weighted by atomic mass is 9.93. The molecule has 0 bridgehead atoms. The zero-order chi connectivity index (χ0) is 26.5. The number of aromatic carboxylic acids is 1. The van der Waals surface area contributed by atoms with Crippen molar-refractivity contribution in [3.05, 3.63) is 101 Å². The van der Waals surface area contributed by atoms with Gasteiger partial charge in [0.2, 0.25) is 0 Å². The molecular formula is C30H29N3O5. The van der Waals surface area contributed by atoms with Gasteiger partial charge in [0.15, 0.2) is 0 Å². The molecule has 1 N–H and O–H groups in total. The van der Waals surface area contributed by atoms with E-state index in [1.54, 1.807) is 34.0 Å². The monoisotopic (exact) mass is 511 g/mol. The Labute approximate surface area is 221 Å². The summed E-state index contributed by atoms with van der Waals surface area (Å²) in [6, 6.07) is 20.5. The number of anilines is 1. The van der Waals surface area contributed by atoms with Crippen LogP contribution < -0.4 is 9.64 Å². The minimum absolute atomic E-state index is 0.161. The number of aromatic nitrogens is 2. The number of para-hydroxylation sites is 1. The summed E-state index contributed by atoms with van der Waals surface area (Å²) in [5.74, 6) is -0.169. The van der Waals surface area contributed by atoms with Crippen LogP contribution in [-0.2, 0) is 17.7 Å². The Morgan fingerprint density at radius 2 is 1.87 bits per heavy atom. The molecule has 0 fully saturated rings. The zero-order valence-electron chi connectivity index (χ0n) is 21.2. The molecule has 8 heteroatoms. The van der Waals surface area contributed by atoms with Crippen molar-refractivity contribution in [2.75, 3.05) is 24.7 Å². The first-order valence-corrected chi connectivity index (χ1v) is 12.6. The highest BCUT2D eigenvalue weighted by Gasteiger charge is 2.26. The second-order valence-corrected chi connectivity index (χ2v) is 9.22. The zero-order valence-corrected chi connectivity index (χ0v) is 21.2. The number of aryl methyl sites for hydroxylation is 1. The Hall–Kier alpha value is -4.59. The van der Waals surface area contributed by atoms with Gasteiger partial charge in [0.05, 0.1) is 24.0 Å².